The number of hydrogen-bond donors (Lipinski definition) is 1. The van der Waals surface area contributed by atoms with Crippen LogP contribution in [0.5, 0.6) is 11.5 Å². The van der Waals surface area contributed by atoms with Crippen LogP contribution in [0, 0.1) is 5.92 Å². The van der Waals surface area contributed by atoms with Crippen LogP contribution in [0.1, 0.15) is 62.5 Å². The Balaban J connectivity index is 1.80. The van der Waals surface area contributed by atoms with E-state index >= 15 is 0 Å². The molecule has 1 aliphatic rings. The number of nitrogens with one attached hydrogen (secondary N) is 1. The van der Waals surface area contributed by atoms with Gasteiger partial charge < -0.3 is 24.3 Å². The molecule has 0 aliphatic carbocycles. The number of nitrogens with zero attached hydrogens (tertiary/aromatic N) is 1. The molecule has 1 aromatic carbocycles. The minimum absolute atomic E-state index is 0.0389. The van der Waals surface area contributed by atoms with E-state index in [1.807, 2.05) is 25.1 Å². The van der Waals surface area contributed by atoms with Gasteiger partial charge in [-0.15, -0.1) is 0 Å². The minimum Gasteiger partial charge on any atom is -0.493 e. The van der Waals surface area contributed by atoms with Gasteiger partial charge in [-0.1, -0.05) is 50.1 Å². The van der Waals surface area contributed by atoms with Crippen LogP contribution in [0.15, 0.2) is 42.6 Å². The Kier molecular flexibility index (Phi) is 10.4. The molecular formula is C28H36N2O7. The predicted octanol–water partition coefficient (Wildman–Crippen LogP) is 3.88. The Hall–Kier alpha value is -3.46. The minimum atomic E-state index is -0.963. The van der Waals surface area contributed by atoms with Crippen molar-refractivity contribution in [1.82, 2.24) is 10.3 Å². The second kappa shape index (κ2) is 13.7. The third kappa shape index (κ3) is 7.76. The van der Waals surface area contributed by atoms with Crippen molar-refractivity contribution >= 4 is 17.8 Å². The zero-order valence-electron chi connectivity index (χ0n) is 21.9. The highest BCUT2D eigenvalue weighted by Gasteiger charge is 2.35. The van der Waals surface area contributed by atoms with Crippen LogP contribution >= 0.6 is 0 Å². The second-order valence-corrected chi connectivity index (χ2v) is 9.15. The molecule has 0 radical (unpaired) electrons. The Morgan fingerprint density at radius 3 is 2.62 bits per heavy atom. The highest BCUT2D eigenvalue weighted by molar-refractivity contribution is 5.98. The SMILES string of the molecule is CCCC[C@H]1OCC[C@H](NC(=O)c2nccc(OC)c2OC(C)=O)C(=O)O[C@@H](C)[C@@H]1Cc1ccccc1. The first-order chi connectivity index (χ1) is 17.8. The number of carbonyl (C=O) groups is 3. The van der Waals surface area contributed by atoms with Gasteiger partial charge in [0, 0.05) is 38.1 Å². The number of cyclic esters (lactones) is 1. The highest BCUT2D eigenvalue weighted by Crippen LogP contribution is 2.30. The Labute approximate surface area is 217 Å². The van der Waals surface area contributed by atoms with Gasteiger partial charge >= 0.3 is 11.9 Å². The summed E-state index contributed by atoms with van der Waals surface area (Å²) in [5, 5.41) is 2.69. The lowest BCUT2D eigenvalue weighted by Crippen LogP contribution is -2.44. The molecule has 0 saturated carbocycles. The van der Waals surface area contributed by atoms with E-state index in [-0.39, 0.29) is 42.2 Å². The summed E-state index contributed by atoms with van der Waals surface area (Å²) in [5.74, 6) is -1.84. The average molecular weight is 513 g/mol. The number of aromatic nitrogens is 1. The van der Waals surface area contributed by atoms with Crippen LogP contribution in [-0.4, -0.2) is 54.8 Å². The summed E-state index contributed by atoms with van der Waals surface area (Å²) >= 11 is 0. The molecule has 3 rings (SSSR count). The van der Waals surface area contributed by atoms with Crippen LogP contribution in [0.2, 0.25) is 0 Å². The topological polar surface area (TPSA) is 113 Å². The monoisotopic (exact) mass is 512 g/mol. The molecule has 0 spiro atoms. The van der Waals surface area contributed by atoms with E-state index < -0.39 is 30.0 Å². The maximum absolute atomic E-state index is 13.2. The molecular weight excluding hydrogens is 476 g/mol. The van der Waals surface area contributed by atoms with Gasteiger partial charge in [0.2, 0.25) is 5.75 Å². The lowest BCUT2D eigenvalue weighted by Gasteiger charge is -2.31. The van der Waals surface area contributed by atoms with Gasteiger partial charge in [-0.2, -0.15) is 0 Å². The normalized spacial score (nSPS) is 22.1. The van der Waals surface area contributed by atoms with Crippen molar-refractivity contribution in [3.63, 3.8) is 0 Å². The first-order valence-electron chi connectivity index (χ1n) is 12.7. The molecule has 0 bridgehead atoms. The summed E-state index contributed by atoms with van der Waals surface area (Å²) in [6, 6.07) is 10.6. The fourth-order valence-corrected chi connectivity index (χ4v) is 4.47. The Morgan fingerprint density at radius 2 is 1.95 bits per heavy atom. The lowest BCUT2D eigenvalue weighted by atomic mass is 9.87. The molecule has 1 amide bonds. The molecule has 1 saturated heterocycles. The molecule has 1 fully saturated rings. The Bertz CT molecular complexity index is 1060. The lowest BCUT2D eigenvalue weighted by molar-refractivity contribution is -0.154. The molecule has 9 nitrogen and oxygen atoms in total. The summed E-state index contributed by atoms with van der Waals surface area (Å²) in [5.41, 5.74) is 0.977. The largest absolute Gasteiger partial charge is 0.493 e. The van der Waals surface area contributed by atoms with Gasteiger partial charge in [-0.05, 0) is 25.3 Å². The van der Waals surface area contributed by atoms with Crippen molar-refractivity contribution in [3.8, 4) is 11.5 Å². The highest BCUT2D eigenvalue weighted by atomic mass is 16.6. The molecule has 4 atom stereocenters. The van der Waals surface area contributed by atoms with Crippen molar-refractivity contribution in [3.05, 3.63) is 53.9 Å². The number of unbranched alkanes of at least 4 members (excludes halogenated alkanes) is 1. The summed E-state index contributed by atoms with van der Waals surface area (Å²) in [4.78, 5) is 42.0. The smallest absolute Gasteiger partial charge is 0.329 e. The van der Waals surface area contributed by atoms with Gasteiger partial charge in [0.25, 0.3) is 5.91 Å². The van der Waals surface area contributed by atoms with E-state index in [9.17, 15) is 14.4 Å². The predicted molar refractivity (Wildman–Crippen MR) is 136 cm³/mol. The molecule has 1 aliphatic heterocycles. The number of benzene rings is 1. The number of esters is 2. The molecule has 37 heavy (non-hydrogen) atoms. The first kappa shape index (κ1) is 28.1. The second-order valence-electron chi connectivity index (χ2n) is 9.15. The van der Waals surface area contributed by atoms with Crippen molar-refractivity contribution in [2.45, 2.75) is 71.1 Å². The van der Waals surface area contributed by atoms with Gasteiger partial charge in [0.1, 0.15) is 12.1 Å². The number of rotatable bonds is 9. The van der Waals surface area contributed by atoms with Gasteiger partial charge in [0.05, 0.1) is 13.2 Å². The molecule has 2 aromatic rings. The summed E-state index contributed by atoms with van der Waals surface area (Å²) in [6.07, 6.45) is 4.66. The standard InChI is InChI=1S/C28H36N2O7/c1-5-6-12-23-21(17-20-10-8-7-9-11-20)18(2)36-28(33)22(14-16-35-23)30-27(32)25-26(37-19(3)31)24(34-4)13-15-29-25/h7-11,13,15,18,21-23H,5-6,12,14,16-17H2,1-4H3,(H,30,32)/t18-,21-,22-,23+/m0/s1. The molecule has 0 unspecified atom stereocenters. The number of methoxy groups -OCH3 is 1. The third-order valence-corrected chi connectivity index (χ3v) is 6.42. The van der Waals surface area contributed by atoms with Crippen LogP contribution in [0.25, 0.3) is 0 Å². The van der Waals surface area contributed by atoms with Crippen LogP contribution in [-0.2, 0) is 25.5 Å². The van der Waals surface area contributed by atoms with E-state index in [2.05, 4.69) is 29.4 Å². The number of pyridine rings is 1. The number of hydrogen-bond acceptors (Lipinski definition) is 8. The Morgan fingerprint density at radius 1 is 1.19 bits per heavy atom. The number of amides is 1. The fraction of sp³-hybridized carbons (Fsp3) is 0.500. The van der Waals surface area contributed by atoms with E-state index in [0.29, 0.717) is 6.42 Å². The summed E-state index contributed by atoms with van der Waals surface area (Å²) < 4.78 is 22.6. The summed E-state index contributed by atoms with van der Waals surface area (Å²) in [6.45, 7) is 5.49. The van der Waals surface area contributed by atoms with E-state index in [4.69, 9.17) is 18.9 Å². The van der Waals surface area contributed by atoms with Gasteiger partial charge in [-0.3, -0.25) is 9.59 Å². The first-order valence-corrected chi connectivity index (χ1v) is 12.7. The number of ether oxygens (including phenoxy) is 4. The molecule has 9 heteroatoms. The maximum atomic E-state index is 13.2. The van der Waals surface area contributed by atoms with Crippen molar-refractivity contribution in [2.75, 3.05) is 13.7 Å². The van der Waals surface area contributed by atoms with E-state index in [0.717, 1.165) is 24.8 Å². The van der Waals surface area contributed by atoms with Crippen molar-refractivity contribution in [2.24, 2.45) is 5.92 Å². The van der Waals surface area contributed by atoms with Crippen LogP contribution in [0.4, 0.5) is 0 Å². The van der Waals surface area contributed by atoms with E-state index in [1.165, 1.54) is 26.3 Å². The zero-order valence-corrected chi connectivity index (χ0v) is 21.9. The summed E-state index contributed by atoms with van der Waals surface area (Å²) in [7, 11) is 1.39. The molecule has 200 valence electrons. The van der Waals surface area contributed by atoms with Crippen molar-refractivity contribution in [1.29, 1.82) is 0 Å². The van der Waals surface area contributed by atoms with Gasteiger partial charge in [0.15, 0.2) is 11.4 Å². The van der Waals surface area contributed by atoms with Crippen LogP contribution in [0.3, 0.4) is 0 Å². The molecule has 2 heterocycles. The van der Waals surface area contributed by atoms with Crippen molar-refractivity contribution < 1.29 is 33.3 Å². The van der Waals surface area contributed by atoms with E-state index in [1.54, 1.807) is 0 Å². The molecule has 1 aromatic heterocycles. The van der Waals surface area contributed by atoms with Crippen LogP contribution < -0.4 is 14.8 Å². The number of carbonyl (C=O) groups excluding carboxylic acids is 3. The molecule has 1 N–H and O–H groups in total. The maximum Gasteiger partial charge on any atom is 0.329 e. The third-order valence-electron chi connectivity index (χ3n) is 6.42. The van der Waals surface area contributed by atoms with Gasteiger partial charge in [-0.25, -0.2) is 9.78 Å². The fourth-order valence-electron chi connectivity index (χ4n) is 4.47. The average Bonchev–Trinajstić information content (AvgIpc) is 2.93. The quantitative estimate of drug-likeness (QED) is 0.504. The zero-order chi connectivity index (χ0) is 26.8.